The molecule has 0 aromatic heterocycles. The van der Waals surface area contributed by atoms with Crippen LogP contribution in [0.1, 0.15) is 46.8 Å². The van der Waals surface area contributed by atoms with E-state index in [-0.39, 0.29) is 12.3 Å². The van der Waals surface area contributed by atoms with E-state index in [1.165, 1.54) is 0 Å². The topological polar surface area (TPSA) is 87.1 Å². The number of aliphatic hydroxyl groups excluding tert-OH is 1. The molecule has 1 saturated heterocycles. The van der Waals surface area contributed by atoms with E-state index in [9.17, 15) is 19.8 Å². The van der Waals surface area contributed by atoms with Crippen molar-refractivity contribution in [3.05, 3.63) is 31.4 Å². The van der Waals surface area contributed by atoms with Gasteiger partial charge in [-0.25, -0.2) is 4.79 Å². The van der Waals surface area contributed by atoms with Gasteiger partial charge in [0.1, 0.15) is 0 Å². The highest BCUT2D eigenvalue weighted by Crippen LogP contribution is 2.36. The van der Waals surface area contributed by atoms with Gasteiger partial charge in [0.05, 0.1) is 6.42 Å². The van der Waals surface area contributed by atoms with Gasteiger partial charge in [0.15, 0.2) is 6.10 Å². The van der Waals surface area contributed by atoms with Crippen LogP contribution in [0.5, 0.6) is 0 Å². The van der Waals surface area contributed by atoms with Crippen LogP contribution in [-0.2, 0) is 27.3 Å². The van der Waals surface area contributed by atoms with Gasteiger partial charge in [-0.15, -0.1) is 0 Å². The third kappa shape index (κ3) is 3.61. The molecule has 0 unspecified atom stereocenters. The third-order valence-electron chi connectivity index (χ3n) is 5.60. The summed E-state index contributed by atoms with van der Waals surface area (Å²) < 4.78 is 6.17. The SMILES string of the molecule is Cc1c(I)c([C@H](O)C(=O)O)c(C)c2c1CN(CC1CCOCC1)C(=O)C2. The predicted octanol–water partition coefficient (Wildman–Crippen LogP) is 2.34. The summed E-state index contributed by atoms with van der Waals surface area (Å²) in [5, 5.41) is 19.3. The predicted molar refractivity (Wildman–Crippen MR) is 104 cm³/mol. The summed E-state index contributed by atoms with van der Waals surface area (Å²) in [6, 6.07) is 0. The van der Waals surface area contributed by atoms with Crippen molar-refractivity contribution < 1.29 is 24.5 Å². The smallest absolute Gasteiger partial charge is 0.337 e. The average molecular weight is 473 g/mol. The minimum Gasteiger partial charge on any atom is -0.479 e. The number of aliphatic hydroxyl groups is 1. The Bertz CT molecular complexity index is 742. The lowest BCUT2D eigenvalue weighted by Crippen LogP contribution is -2.41. The molecule has 7 heteroatoms. The molecule has 142 valence electrons. The average Bonchev–Trinajstić information content (AvgIpc) is 2.62. The normalized spacial score (nSPS) is 19.4. The standard InChI is InChI=1S/C19H24INO5/c1-10-13-7-15(22)21(8-12-3-5-26-6-4-12)9-14(13)11(2)17(20)16(10)18(23)19(24)25/h12,18,23H,3-9H2,1-2H3,(H,24,25)/t18-/m0/s1. The Morgan fingerprint density at radius 1 is 1.27 bits per heavy atom. The van der Waals surface area contributed by atoms with Crippen molar-refractivity contribution >= 4 is 34.5 Å². The molecule has 0 saturated carbocycles. The number of aliphatic carboxylic acids is 1. The molecule has 1 aromatic carbocycles. The zero-order chi connectivity index (χ0) is 19.0. The maximum Gasteiger partial charge on any atom is 0.337 e. The van der Waals surface area contributed by atoms with Gasteiger partial charge in [-0.1, -0.05) is 0 Å². The van der Waals surface area contributed by atoms with Crippen LogP contribution in [0.25, 0.3) is 0 Å². The van der Waals surface area contributed by atoms with Crippen LogP contribution >= 0.6 is 22.6 Å². The Kier molecular flexibility index (Phi) is 5.88. The summed E-state index contributed by atoms with van der Waals surface area (Å²) in [6.07, 6.45) is 0.661. The van der Waals surface area contributed by atoms with Crippen LogP contribution in [0.15, 0.2) is 0 Å². The van der Waals surface area contributed by atoms with Gasteiger partial charge in [0.25, 0.3) is 0 Å². The highest BCUT2D eigenvalue weighted by Gasteiger charge is 2.32. The van der Waals surface area contributed by atoms with Gasteiger partial charge in [-0.3, -0.25) is 4.79 Å². The summed E-state index contributed by atoms with van der Waals surface area (Å²) >= 11 is 2.11. The van der Waals surface area contributed by atoms with Crippen molar-refractivity contribution in [1.29, 1.82) is 0 Å². The van der Waals surface area contributed by atoms with Gasteiger partial charge in [0.2, 0.25) is 5.91 Å². The lowest BCUT2D eigenvalue weighted by molar-refractivity contribution is -0.147. The molecule has 1 aromatic rings. The lowest BCUT2D eigenvalue weighted by Gasteiger charge is -2.35. The second-order valence-corrected chi connectivity index (χ2v) is 8.26. The van der Waals surface area contributed by atoms with E-state index < -0.39 is 12.1 Å². The molecule has 2 N–H and O–H groups in total. The fourth-order valence-electron chi connectivity index (χ4n) is 3.97. The first kappa shape index (κ1) is 19.6. The van der Waals surface area contributed by atoms with E-state index in [2.05, 4.69) is 22.6 Å². The van der Waals surface area contributed by atoms with Crippen molar-refractivity contribution in [1.82, 2.24) is 4.90 Å². The first-order chi connectivity index (χ1) is 12.3. The molecule has 2 aliphatic rings. The molecule has 0 aliphatic carbocycles. The first-order valence-electron chi connectivity index (χ1n) is 8.88. The molecule has 2 heterocycles. The van der Waals surface area contributed by atoms with Gasteiger partial charge < -0.3 is 19.8 Å². The number of carbonyl (C=O) groups excluding carboxylic acids is 1. The minimum atomic E-state index is -1.57. The molecule has 26 heavy (non-hydrogen) atoms. The number of benzene rings is 1. The molecule has 1 atom stereocenters. The van der Waals surface area contributed by atoms with Crippen LogP contribution in [0.4, 0.5) is 0 Å². The molecule has 6 nitrogen and oxygen atoms in total. The van der Waals surface area contributed by atoms with E-state index in [0.29, 0.717) is 18.0 Å². The Labute approximate surface area is 166 Å². The van der Waals surface area contributed by atoms with Crippen LogP contribution in [0.2, 0.25) is 0 Å². The molecular formula is C19H24INO5. The van der Waals surface area contributed by atoms with E-state index in [1.807, 2.05) is 18.7 Å². The second kappa shape index (κ2) is 7.82. The number of carbonyl (C=O) groups is 2. The lowest BCUT2D eigenvalue weighted by atomic mass is 9.86. The Morgan fingerprint density at radius 3 is 2.54 bits per heavy atom. The largest absolute Gasteiger partial charge is 0.479 e. The molecule has 1 fully saturated rings. The number of carboxylic acids is 1. The fourth-order valence-corrected chi connectivity index (χ4v) is 4.99. The summed E-state index contributed by atoms with van der Waals surface area (Å²) in [5.41, 5.74) is 4.08. The number of fused-ring (bicyclic) bond motifs is 1. The molecule has 2 aliphatic heterocycles. The molecule has 3 rings (SSSR count). The van der Waals surface area contributed by atoms with Crippen molar-refractivity contribution in [2.75, 3.05) is 19.8 Å². The van der Waals surface area contributed by atoms with Gasteiger partial charge in [-0.2, -0.15) is 0 Å². The maximum atomic E-state index is 12.7. The van der Waals surface area contributed by atoms with E-state index in [4.69, 9.17) is 4.74 Å². The number of nitrogens with zero attached hydrogens (tertiary/aromatic N) is 1. The number of hydrogen-bond acceptors (Lipinski definition) is 4. The third-order valence-corrected chi connectivity index (χ3v) is 6.99. The van der Waals surface area contributed by atoms with Crippen molar-refractivity contribution in [3.8, 4) is 0 Å². The van der Waals surface area contributed by atoms with Crippen molar-refractivity contribution in [2.45, 2.75) is 45.8 Å². The second-order valence-electron chi connectivity index (χ2n) is 7.18. The van der Waals surface area contributed by atoms with Crippen LogP contribution in [0.3, 0.4) is 0 Å². The summed E-state index contributed by atoms with van der Waals surface area (Å²) in [7, 11) is 0. The zero-order valence-electron chi connectivity index (χ0n) is 15.0. The molecule has 1 amide bonds. The van der Waals surface area contributed by atoms with E-state index >= 15 is 0 Å². The van der Waals surface area contributed by atoms with E-state index in [0.717, 1.165) is 58.4 Å². The van der Waals surface area contributed by atoms with Crippen LogP contribution in [-0.4, -0.2) is 46.7 Å². The summed E-state index contributed by atoms with van der Waals surface area (Å²) in [5.74, 6) is -0.722. The number of ether oxygens (including phenoxy) is 1. The highest BCUT2D eigenvalue weighted by molar-refractivity contribution is 14.1. The van der Waals surface area contributed by atoms with Crippen LogP contribution in [0, 0.1) is 23.3 Å². The number of rotatable bonds is 4. The molecule has 0 radical (unpaired) electrons. The van der Waals surface area contributed by atoms with Crippen molar-refractivity contribution in [3.63, 3.8) is 0 Å². The Balaban J connectivity index is 1.93. The van der Waals surface area contributed by atoms with Gasteiger partial charge in [-0.05, 0) is 77.5 Å². The van der Waals surface area contributed by atoms with Gasteiger partial charge >= 0.3 is 5.97 Å². The monoisotopic (exact) mass is 473 g/mol. The Hall–Kier alpha value is -1.19. The van der Waals surface area contributed by atoms with Crippen molar-refractivity contribution in [2.24, 2.45) is 5.92 Å². The van der Waals surface area contributed by atoms with Gasteiger partial charge in [0, 0.05) is 35.4 Å². The first-order valence-corrected chi connectivity index (χ1v) is 9.95. The molecule has 0 spiro atoms. The number of hydrogen-bond donors (Lipinski definition) is 2. The quantitative estimate of drug-likeness (QED) is 0.656. The van der Waals surface area contributed by atoms with Crippen LogP contribution < -0.4 is 0 Å². The fraction of sp³-hybridized carbons (Fsp3) is 0.579. The highest BCUT2D eigenvalue weighted by atomic mass is 127. The Morgan fingerprint density at radius 2 is 1.92 bits per heavy atom. The number of carboxylic acid groups (broad SMARTS) is 1. The maximum absolute atomic E-state index is 12.7. The molecular weight excluding hydrogens is 449 g/mol. The molecule has 0 bridgehead atoms. The minimum absolute atomic E-state index is 0.0727. The summed E-state index contributed by atoms with van der Waals surface area (Å²) in [6.45, 7) is 6.57. The number of amides is 1. The number of halogens is 1. The summed E-state index contributed by atoms with van der Waals surface area (Å²) in [4.78, 5) is 25.9. The zero-order valence-corrected chi connectivity index (χ0v) is 17.2. The van der Waals surface area contributed by atoms with E-state index in [1.54, 1.807) is 0 Å².